The molecule has 2 rings (SSSR count). The van der Waals surface area contributed by atoms with Gasteiger partial charge in [0, 0.05) is 12.1 Å². The zero-order valence-corrected chi connectivity index (χ0v) is 15.4. The highest BCUT2D eigenvalue weighted by atomic mass is 16.5. The van der Waals surface area contributed by atoms with Gasteiger partial charge in [-0.1, -0.05) is 19.1 Å². The zero-order valence-electron chi connectivity index (χ0n) is 15.4. The van der Waals surface area contributed by atoms with Crippen molar-refractivity contribution in [1.82, 2.24) is 10.2 Å². The Morgan fingerprint density at radius 1 is 1.28 bits per heavy atom. The van der Waals surface area contributed by atoms with Crippen LogP contribution in [0.1, 0.15) is 38.8 Å². The first-order valence-electron chi connectivity index (χ1n) is 8.70. The minimum absolute atomic E-state index is 0.0194. The zero-order chi connectivity index (χ0) is 18.2. The van der Waals surface area contributed by atoms with E-state index >= 15 is 0 Å². The van der Waals surface area contributed by atoms with Crippen molar-refractivity contribution in [3.63, 3.8) is 0 Å². The fourth-order valence-electron chi connectivity index (χ4n) is 2.90. The van der Waals surface area contributed by atoms with Crippen LogP contribution in [0.2, 0.25) is 0 Å². The molecule has 0 saturated heterocycles. The first-order chi connectivity index (χ1) is 12.2. The van der Waals surface area contributed by atoms with E-state index in [-0.39, 0.29) is 6.04 Å². The second-order valence-corrected chi connectivity index (χ2v) is 5.53. The lowest BCUT2D eigenvalue weighted by Gasteiger charge is -2.29. The molecule has 7 nitrogen and oxygen atoms in total. The van der Waals surface area contributed by atoms with E-state index in [1.165, 1.54) is 7.11 Å². The number of aliphatic imine (C=N–C) groups is 1. The van der Waals surface area contributed by atoms with Gasteiger partial charge < -0.3 is 19.1 Å². The minimum Gasteiger partial charge on any atom is -0.490 e. The van der Waals surface area contributed by atoms with E-state index in [0.717, 1.165) is 30.0 Å². The molecule has 0 radical (unpaired) electrons. The van der Waals surface area contributed by atoms with Crippen LogP contribution >= 0.6 is 0 Å². The van der Waals surface area contributed by atoms with Crippen molar-refractivity contribution in [3.05, 3.63) is 23.8 Å². The number of carbonyl (C=O) groups excluding carboxylic acids is 1. The van der Waals surface area contributed by atoms with E-state index in [1.54, 1.807) is 0 Å². The molecule has 1 aromatic rings. The Labute approximate surface area is 149 Å². The van der Waals surface area contributed by atoms with Gasteiger partial charge >= 0.3 is 6.09 Å². The molecule has 138 valence electrons. The summed E-state index contributed by atoms with van der Waals surface area (Å²) in [6.07, 6.45) is 0.404. The quantitative estimate of drug-likeness (QED) is 0.819. The summed E-state index contributed by atoms with van der Waals surface area (Å²) in [7, 11) is 1.34. The molecule has 0 spiro atoms. The molecule has 1 aliphatic heterocycles. The third-order valence-corrected chi connectivity index (χ3v) is 3.88. The molecule has 0 saturated carbocycles. The number of hydrogen-bond acceptors (Lipinski definition) is 6. The van der Waals surface area contributed by atoms with E-state index in [0.29, 0.717) is 25.7 Å². The van der Waals surface area contributed by atoms with Crippen LogP contribution in [-0.4, -0.2) is 50.4 Å². The van der Waals surface area contributed by atoms with Crippen molar-refractivity contribution in [3.8, 4) is 11.5 Å². The maximum atomic E-state index is 11.6. The standard InChI is InChI=1S/C18H27N3O4/c1-5-11-21-14(12-19-17(21)20-18(22)23-4)13-9-8-10-15(24-6-2)16(13)25-7-3/h8-10,14H,5-7,11-12H2,1-4H3,(H,19,20,22). The van der Waals surface area contributed by atoms with Crippen molar-refractivity contribution in [2.45, 2.75) is 33.2 Å². The molecule has 25 heavy (non-hydrogen) atoms. The van der Waals surface area contributed by atoms with E-state index in [9.17, 15) is 4.79 Å². The normalized spacial score (nSPS) is 16.4. The molecule has 0 aliphatic carbocycles. The molecule has 1 unspecified atom stereocenters. The molecule has 1 atom stereocenters. The summed E-state index contributed by atoms with van der Waals surface area (Å²) >= 11 is 0. The number of carbonyl (C=O) groups is 1. The van der Waals surface area contributed by atoms with Crippen molar-refractivity contribution in [2.24, 2.45) is 4.99 Å². The van der Waals surface area contributed by atoms with Gasteiger partial charge in [0.05, 0.1) is 32.9 Å². The number of ether oxygens (including phenoxy) is 3. The third kappa shape index (κ3) is 4.35. The van der Waals surface area contributed by atoms with Gasteiger partial charge in [-0.3, -0.25) is 10.3 Å². The van der Waals surface area contributed by atoms with Gasteiger partial charge in [-0.2, -0.15) is 0 Å². The molecule has 0 fully saturated rings. The van der Waals surface area contributed by atoms with E-state index < -0.39 is 6.09 Å². The van der Waals surface area contributed by atoms with Crippen molar-refractivity contribution in [1.29, 1.82) is 0 Å². The molecule has 1 N–H and O–H groups in total. The number of rotatable bonds is 7. The lowest BCUT2D eigenvalue weighted by molar-refractivity contribution is 0.175. The SMILES string of the molecule is CCCN1C(NC(=O)OC)=NCC1c1cccc(OCC)c1OCC. The van der Waals surface area contributed by atoms with E-state index in [1.807, 2.05) is 32.0 Å². The molecule has 7 heteroatoms. The molecule has 1 aromatic carbocycles. The van der Waals surface area contributed by atoms with Crippen LogP contribution in [0.5, 0.6) is 11.5 Å². The van der Waals surface area contributed by atoms with Crippen molar-refractivity contribution >= 4 is 12.1 Å². The van der Waals surface area contributed by atoms with Gasteiger partial charge in [0.25, 0.3) is 0 Å². The first-order valence-corrected chi connectivity index (χ1v) is 8.70. The second kappa shape index (κ2) is 9.15. The fourth-order valence-corrected chi connectivity index (χ4v) is 2.90. The Balaban J connectivity index is 2.33. The first kappa shape index (κ1) is 18.9. The largest absolute Gasteiger partial charge is 0.490 e. The highest BCUT2D eigenvalue weighted by Crippen LogP contribution is 2.39. The molecule has 0 bridgehead atoms. The number of amides is 1. The Bertz CT molecular complexity index is 618. The highest BCUT2D eigenvalue weighted by molar-refractivity contribution is 5.95. The van der Waals surface area contributed by atoms with Gasteiger partial charge in [0.2, 0.25) is 5.96 Å². The van der Waals surface area contributed by atoms with Crippen molar-refractivity contribution in [2.75, 3.05) is 33.4 Å². The number of para-hydroxylation sites is 1. The van der Waals surface area contributed by atoms with Crippen LogP contribution in [0.25, 0.3) is 0 Å². The van der Waals surface area contributed by atoms with Gasteiger partial charge in [-0.15, -0.1) is 0 Å². The topological polar surface area (TPSA) is 72.4 Å². The Morgan fingerprint density at radius 2 is 2.04 bits per heavy atom. The van der Waals surface area contributed by atoms with Crippen LogP contribution in [0.15, 0.2) is 23.2 Å². The maximum absolute atomic E-state index is 11.6. The van der Waals surface area contributed by atoms with Crippen LogP contribution in [0, 0.1) is 0 Å². The number of benzene rings is 1. The molecular weight excluding hydrogens is 322 g/mol. The fraction of sp³-hybridized carbons (Fsp3) is 0.556. The highest BCUT2D eigenvalue weighted by Gasteiger charge is 2.32. The van der Waals surface area contributed by atoms with Crippen LogP contribution in [0.3, 0.4) is 0 Å². The van der Waals surface area contributed by atoms with Crippen LogP contribution in [-0.2, 0) is 4.74 Å². The Hall–Kier alpha value is -2.44. The molecule has 1 heterocycles. The average molecular weight is 349 g/mol. The Kier molecular flexibility index (Phi) is 6.91. The van der Waals surface area contributed by atoms with Crippen LogP contribution < -0.4 is 14.8 Å². The third-order valence-electron chi connectivity index (χ3n) is 3.88. The van der Waals surface area contributed by atoms with Gasteiger partial charge in [-0.25, -0.2) is 4.79 Å². The maximum Gasteiger partial charge on any atom is 0.413 e. The number of nitrogens with one attached hydrogen (secondary N) is 1. The van der Waals surface area contributed by atoms with E-state index in [4.69, 9.17) is 14.2 Å². The lowest BCUT2D eigenvalue weighted by Crippen LogP contribution is -2.43. The summed E-state index contributed by atoms with van der Waals surface area (Å²) in [6, 6.07) is 5.87. The van der Waals surface area contributed by atoms with Gasteiger partial charge in [-0.05, 0) is 26.3 Å². The van der Waals surface area contributed by atoms with Crippen molar-refractivity contribution < 1.29 is 19.0 Å². The number of guanidine groups is 1. The van der Waals surface area contributed by atoms with Gasteiger partial charge in [0.15, 0.2) is 11.5 Å². The van der Waals surface area contributed by atoms with Crippen LogP contribution in [0.4, 0.5) is 4.79 Å². The number of nitrogens with zero attached hydrogens (tertiary/aromatic N) is 2. The summed E-state index contributed by atoms with van der Waals surface area (Å²) in [5.74, 6) is 2.00. The summed E-state index contributed by atoms with van der Waals surface area (Å²) in [5, 5.41) is 2.70. The number of alkyl carbamates (subject to hydrolysis) is 1. The number of hydrogen-bond donors (Lipinski definition) is 1. The molecule has 1 aliphatic rings. The van der Waals surface area contributed by atoms with E-state index in [2.05, 4.69) is 22.1 Å². The predicted octanol–water partition coefficient (Wildman–Crippen LogP) is 2.96. The average Bonchev–Trinajstić information content (AvgIpc) is 2.99. The number of methoxy groups -OCH3 is 1. The minimum atomic E-state index is -0.520. The summed E-state index contributed by atoms with van der Waals surface area (Å²) < 4.78 is 16.3. The smallest absolute Gasteiger partial charge is 0.413 e. The summed E-state index contributed by atoms with van der Waals surface area (Å²) in [4.78, 5) is 18.2. The molecule has 0 aromatic heterocycles. The summed E-state index contributed by atoms with van der Waals surface area (Å²) in [5.41, 5.74) is 1.01. The second-order valence-electron chi connectivity index (χ2n) is 5.53. The molecule has 1 amide bonds. The predicted molar refractivity (Wildman–Crippen MR) is 96.4 cm³/mol. The summed E-state index contributed by atoms with van der Waals surface area (Å²) in [6.45, 7) is 8.40. The monoisotopic (exact) mass is 349 g/mol. The van der Waals surface area contributed by atoms with Gasteiger partial charge in [0.1, 0.15) is 0 Å². The lowest BCUT2D eigenvalue weighted by atomic mass is 10.0. The molecular formula is C18H27N3O4. The Morgan fingerprint density at radius 3 is 2.68 bits per heavy atom.